The maximum absolute atomic E-state index is 13.0. The van der Waals surface area contributed by atoms with Crippen LogP contribution in [0.5, 0.6) is 0 Å². The fraction of sp³-hybridized carbons (Fsp3) is 0.308. The molecule has 1 atom stereocenters. The number of anilines is 1. The molecule has 1 heterocycles. The zero-order valence-electron chi connectivity index (χ0n) is 10.6. The molecular weight excluding hydrogens is 249 g/mol. The molecule has 0 saturated carbocycles. The van der Waals surface area contributed by atoms with Gasteiger partial charge in [-0.15, -0.1) is 0 Å². The van der Waals surface area contributed by atoms with E-state index in [1.54, 1.807) is 23.5 Å². The molecule has 1 aromatic heterocycles. The summed E-state index contributed by atoms with van der Waals surface area (Å²) in [5.74, 6) is -0.231. The van der Waals surface area contributed by atoms with Gasteiger partial charge in [-0.1, -0.05) is 11.3 Å². The zero-order valence-corrected chi connectivity index (χ0v) is 11.4. The third-order valence-electron chi connectivity index (χ3n) is 2.81. The second-order valence-electron chi connectivity index (χ2n) is 4.00. The van der Waals surface area contributed by atoms with Gasteiger partial charge >= 0.3 is 0 Å². The minimum atomic E-state index is -0.231. The van der Waals surface area contributed by atoms with Gasteiger partial charge in [0.05, 0.1) is 10.6 Å². The van der Waals surface area contributed by atoms with Crippen LogP contribution in [0.1, 0.15) is 17.8 Å². The Labute approximate surface area is 110 Å². The number of thiazole rings is 1. The van der Waals surface area contributed by atoms with E-state index >= 15 is 0 Å². The van der Waals surface area contributed by atoms with Crippen LogP contribution in [0.2, 0.25) is 0 Å². The molecule has 0 fully saturated rings. The number of rotatable bonds is 4. The van der Waals surface area contributed by atoms with Gasteiger partial charge in [0.2, 0.25) is 0 Å². The number of halogens is 1. The molecule has 0 radical (unpaired) electrons. The smallest absolute Gasteiger partial charge is 0.183 e. The molecule has 1 aromatic carbocycles. The van der Waals surface area contributed by atoms with E-state index in [1.165, 1.54) is 12.1 Å². The first-order valence-electron chi connectivity index (χ1n) is 5.77. The highest BCUT2D eigenvalue weighted by Crippen LogP contribution is 2.35. The van der Waals surface area contributed by atoms with Crippen molar-refractivity contribution in [3.8, 4) is 11.3 Å². The summed E-state index contributed by atoms with van der Waals surface area (Å²) in [6.45, 7) is 2.08. The number of nitrogens with zero attached hydrogens (tertiary/aromatic N) is 1. The predicted molar refractivity (Wildman–Crippen MR) is 74.5 cm³/mol. The summed E-state index contributed by atoms with van der Waals surface area (Å²) >= 11 is 1.61. The van der Waals surface area contributed by atoms with E-state index in [4.69, 9.17) is 0 Å². The second kappa shape index (κ2) is 5.46. The van der Waals surface area contributed by atoms with Crippen LogP contribution < -0.4 is 10.6 Å². The standard InChI is InChI=1S/C13H16FN3S/c1-8(15-2)12-11(17-13(16-3)18-12)9-4-6-10(14)7-5-9/h4-8,15H,1-3H3,(H,16,17). The zero-order chi connectivity index (χ0) is 13.1. The lowest BCUT2D eigenvalue weighted by atomic mass is 10.1. The number of benzene rings is 1. The van der Waals surface area contributed by atoms with Crippen molar-refractivity contribution in [3.63, 3.8) is 0 Å². The lowest BCUT2D eigenvalue weighted by molar-refractivity contribution is 0.628. The molecule has 2 N–H and O–H groups in total. The Bertz CT molecular complexity index is 522. The van der Waals surface area contributed by atoms with Crippen LogP contribution in [0.25, 0.3) is 11.3 Å². The van der Waals surface area contributed by atoms with E-state index < -0.39 is 0 Å². The largest absolute Gasteiger partial charge is 0.365 e. The number of hydrogen-bond donors (Lipinski definition) is 2. The fourth-order valence-electron chi connectivity index (χ4n) is 1.68. The molecule has 0 spiro atoms. The number of nitrogens with one attached hydrogen (secondary N) is 2. The predicted octanol–water partition coefficient (Wildman–Crippen LogP) is 3.27. The summed E-state index contributed by atoms with van der Waals surface area (Å²) in [6, 6.07) is 6.65. The van der Waals surface area contributed by atoms with Crippen molar-refractivity contribution in [1.82, 2.24) is 10.3 Å². The van der Waals surface area contributed by atoms with Crippen molar-refractivity contribution in [2.75, 3.05) is 19.4 Å². The van der Waals surface area contributed by atoms with Gasteiger partial charge in [0.25, 0.3) is 0 Å². The summed E-state index contributed by atoms with van der Waals surface area (Å²) in [4.78, 5) is 5.69. The van der Waals surface area contributed by atoms with Crippen molar-refractivity contribution in [2.24, 2.45) is 0 Å². The quantitative estimate of drug-likeness (QED) is 0.891. The molecule has 1 unspecified atom stereocenters. The van der Waals surface area contributed by atoms with Crippen LogP contribution in [0.3, 0.4) is 0 Å². The summed E-state index contributed by atoms with van der Waals surface area (Å²) in [6.07, 6.45) is 0. The average Bonchev–Trinajstić information content (AvgIpc) is 2.83. The Morgan fingerprint density at radius 1 is 1.22 bits per heavy atom. The van der Waals surface area contributed by atoms with Crippen LogP contribution >= 0.6 is 11.3 Å². The van der Waals surface area contributed by atoms with Crippen molar-refractivity contribution in [1.29, 1.82) is 0 Å². The van der Waals surface area contributed by atoms with E-state index in [0.717, 1.165) is 21.3 Å². The third-order valence-corrected chi connectivity index (χ3v) is 4.07. The lowest BCUT2D eigenvalue weighted by Crippen LogP contribution is -2.11. The third kappa shape index (κ3) is 2.52. The Morgan fingerprint density at radius 2 is 1.89 bits per heavy atom. The van der Waals surface area contributed by atoms with E-state index in [0.29, 0.717) is 0 Å². The monoisotopic (exact) mass is 265 g/mol. The maximum atomic E-state index is 13.0. The van der Waals surface area contributed by atoms with Crippen molar-refractivity contribution >= 4 is 16.5 Å². The highest BCUT2D eigenvalue weighted by molar-refractivity contribution is 7.16. The van der Waals surface area contributed by atoms with Crippen LogP contribution in [-0.4, -0.2) is 19.1 Å². The van der Waals surface area contributed by atoms with Crippen molar-refractivity contribution < 1.29 is 4.39 Å². The summed E-state index contributed by atoms with van der Waals surface area (Å²) < 4.78 is 13.0. The normalized spacial score (nSPS) is 12.4. The minimum absolute atomic E-state index is 0.213. The first-order chi connectivity index (χ1) is 8.65. The molecule has 0 bridgehead atoms. The first-order valence-corrected chi connectivity index (χ1v) is 6.59. The van der Waals surface area contributed by atoms with E-state index in [-0.39, 0.29) is 11.9 Å². The molecule has 3 nitrogen and oxygen atoms in total. The maximum Gasteiger partial charge on any atom is 0.183 e. The van der Waals surface area contributed by atoms with Crippen LogP contribution in [0.4, 0.5) is 9.52 Å². The molecule has 18 heavy (non-hydrogen) atoms. The van der Waals surface area contributed by atoms with E-state index in [9.17, 15) is 4.39 Å². The van der Waals surface area contributed by atoms with E-state index in [2.05, 4.69) is 22.5 Å². The Morgan fingerprint density at radius 3 is 2.44 bits per heavy atom. The Kier molecular flexibility index (Phi) is 3.93. The van der Waals surface area contributed by atoms with Gasteiger partial charge < -0.3 is 10.6 Å². The number of hydrogen-bond acceptors (Lipinski definition) is 4. The molecule has 0 aliphatic rings. The molecule has 0 aliphatic heterocycles. The molecule has 96 valence electrons. The minimum Gasteiger partial charge on any atom is -0.365 e. The van der Waals surface area contributed by atoms with E-state index in [1.807, 2.05) is 14.1 Å². The fourth-order valence-corrected chi connectivity index (χ4v) is 2.68. The molecule has 2 aromatic rings. The SMILES string of the molecule is CNc1nc(-c2ccc(F)cc2)c(C(C)NC)s1. The van der Waals surface area contributed by atoms with Gasteiger partial charge in [-0.2, -0.15) is 0 Å². The second-order valence-corrected chi connectivity index (χ2v) is 5.03. The topological polar surface area (TPSA) is 37.0 Å². The molecular formula is C13H16FN3S. The highest BCUT2D eigenvalue weighted by Gasteiger charge is 2.16. The Balaban J connectivity index is 2.48. The average molecular weight is 265 g/mol. The van der Waals surface area contributed by atoms with Crippen LogP contribution in [-0.2, 0) is 0 Å². The number of aromatic nitrogens is 1. The van der Waals surface area contributed by atoms with Gasteiger partial charge in [-0.3, -0.25) is 0 Å². The van der Waals surface area contributed by atoms with Crippen molar-refractivity contribution in [2.45, 2.75) is 13.0 Å². The molecule has 0 saturated heterocycles. The Hall–Kier alpha value is -1.46. The summed E-state index contributed by atoms with van der Waals surface area (Å²) in [5, 5.41) is 7.13. The van der Waals surface area contributed by atoms with Crippen LogP contribution in [0.15, 0.2) is 24.3 Å². The summed E-state index contributed by atoms with van der Waals surface area (Å²) in [7, 11) is 3.76. The van der Waals surface area contributed by atoms with Crippen molar-refractivity contribution in [3.05, 3.63) is 35.0 Å². The molecule has 2 rings (SSSR count). The van der Waals surface area contributed by atoms with Gasteiger partial charge in [-0.25, -0.2) is 9.37 Å². The lowest BCUT2D eigenvalue weighted by Gasteiger charge is -2.09. The van der Waals surface area contributed by atoms with Gasteiger partial charge in [0.15, 0.2) is 5.13 Å². The van der Waals surface area contributed by atoms with Crippen LogP contribution in [0, 0.1) is 5.82 Å². The highest BCUT2D eigenvalue weighted by atomic mass is 32.1. The molecule has 5 heteroatoms. The van der Waals surface area contributed by atoms with Gasteiger partial charge in [0.1, 0.15) is 5.82 Å². The summed E-state index contributed by atoms with van der Waals surface area (Å²) in [5.41, 5.74) is 1.84. The first kappa shape index (κ1) is 13.0. The van der Waals surface area contributed by atoms with Gasteiger partial charge in [0, 0.05) is 18.7 Å². The molecule has 0 amide bonds. The molecule has 0 aliphatic carbocycles. The van der Waals surface area contributed by atoms with Gasteiger partial charge in [-0.05, 0) is 38.2 Å².